The van der Waals surface area contributed by atoms with E-state index in [2.05, 4.69) is 30.9 Å². The van der Waals surface area contributed by atoms with Crippen molar-refractivity contribution in [3.63, 3.8) is 0 Å². The lowest BCUT2D eigenvalue weighted by Crippen LogP contribution is -2.22. The quantitative estimate of drug-likeness (QED) is 0.177. The number of carbonyl (C=O) groups is 1. The van der Waals surface area contributed by atoms with E-state index in [1.54, 1.807) is 16.7 Å². The van der Waals surface area contributed by atoms with Crippen molar-refractivity contribution in [1.29, 1.82) is 0 Å². The zero-order valence-electron chi connectivity index (χ0n) is 23.1. The number of fused-ring (bicyclic) bond motifs is 3. The van der Waals surface area contributed by atoms with Gasteiger partial charge in [-0.2, -0.15) is 8.42 Å². The fraction of sp³-hybridized carbons (Fsp3) is 0.226. The number of hydrogen-bond acceptors (Lipinski definition) is 7. The largest absolute Gasteiger partial charge is 0.457 e. The van der Waals surface area contributed by atoms with E-state index >= 15 is 0 Å². The van der Waals surface area contributed by atoms with Gasteiger partial charge >= 0.3 is 5.97 Å². The Morgan fingerprint density at radius 1 is 0.976 bits per heavy atom. The van der Waals surface area contributed by atoms with E-state index in [9.17, 15) is 18.0 Å². The molecule has 5 rings (SSSR count). The van der Waals surface area contributed by atoms with Crippen LogP contribution in [0.5, 0.6) is 0 Å². The molecule has 3 heterocycles. The number of thiophene rings is 1. The van der Waals surface area contributed by atoms with Gasteiger partial charge in [0.25, 0.3) is 15.7 Å². The molecule has 0 aliphatic rings. The molecule has 0 aliphatic carbocycles. The minimum absolute atomic E-state index is 0.160. The van der Waals surface area contributed by atoms with Crippen LogP contribution in [-0.2, 0) is 28.0 Å². The monoisotopic (exact) mass is 592 g/mol. The highest BCUT2D eigenvalue weighted by molar-refractivity contribution is 7.85. The van der Waals surface area contributed by atoms with Crippen LogP contribution in [0.2, 0.25) is 0 Å². The lowest BCUT2D eigenvalue weighted by Gasteiger charge is -2.18. The van der Waals surface area contributed by atoms with Crippen molar-refractivity contribution in [2.75, 3.05) is 19.3 Å². The fourth-order valence-electron chi connectivity index (χ4n) is 4.54. The second-order valence-corrected chi connectivity index (χ2v) is 11.9. The molecular weight excluding hydrogens is 560 g/mol. The van der Waals surface area contributed by atoms with Gasteiger partial charge in [-0.1, -0.05) is 68.4 Å². The second-order valence-electron chi connectivity index (χ2n) is 9.47. The van der Waals surface area contributed by atoms with E-state index in [0.717, 1.165) is 40.8 Å². The molecule has 0 fully saturated rings. The van der Waals surface area contributed by atoms with E-state index < -0.39 is 16.1 Å². The molecule has 3 aromatic heterocycles. The third-order valence-electron chi connectivity index (χ3n) is 6.51. The molecular formula is C31H32N2O6S2. The molecule has 8 nitrogen and oxygen atoms in total. The van der Waals surface area contributed by atoms with Gasteiger partial charge in [0, 0.05) is 18.3 Å². The van der Waals surface area contributed by atoms with Crippen molar-refractivity contribution in [2.24, 2.45) is 0 Å². The lowest BCUT2D eigenvalue weighted by atomic mass is 10.0. The molecule has 1 N–H and O–H groups in total. The maximum Gasteiger partial charge on any atom is 0.340 e. The van der Waals surface area contributed by atoms with Gasteiger partial charge in [0.15, 0.2) is 0 Å². The van der Waals surface area contributed by atoms with Gasteiger partial charge in [-0.25, -0.2) is 4.79 Å². The molecule has 10 heteroatoms. The topological polar surface area (TPSA) is 105 Å². The molecule has 0 bridgehead atoms. The number of rotatable bonds is 8. The summed E-state index contributed by atoms with van der Waals surface area (Å²) >= 11 is 1.51. The van der Waals surface area contributed by atoms with Crippen LogP contribution >= 0.6 is 11.3 Å². The van der Waals surface area contributed by atoms with Crippen LogP contribution in [0.4, 0.5) is 0 Å². The number of esters is 1. The van der Waals surface area contributed by atoms with Crippen molar-refractivity contribution < 1.29 is 22.5 Å². The number of hydrogen-bond donors (Lipinski definition) is 1. The molecule has 0 unspecified atom stereocenters. The first-order valence-corrected chi connectivity index (χ1v) is 15.8. The Hall–Kier alpha value is -3.83. The van der Waals surface area contributed by atoms with Crippen LogP contribution in [-0.4, -0.2) is 47.6 Å². The minimum Gasteiger partial charge on any atom is -0.457 e. The number of benzene rings is 2. The van der Waals surface area contributed by atoms with Crippen LogP contribution in [0.25, 0.3) is 26.7 Å². The minimum atomic E-state index is -3.67. The molecule has 0 radical (unpaired) electrons. The van der Waals surface area contributed by atoms with Crippen molar-refractivity contribution >= 4 is 43.0 Å². The zero-order chi connectivity index (χ0) is 29.6. The number of aromatic nitrogens is 1. The Morgan fingerprint density at radius 3 is 2.34 bits per heavy atom. The summed E-state index contributed by atoms with van der Waals surface area (Å²) in [6.07, 6.45) is 2.46. The van der Waals surface area contributed by atoms with Crippen molar-refractivity contribution in [1.82, 2.24) is 9.30 Å². The first-order valence-electron chi connectivity index (χ1n) is 13.1. The van der Waals surface area contributed by atoms with E-state index in [1.165, 1.54) is 16.9 Å². The first-order chi connectivity index (χ1) is 19.6. The van der Waals surface area contributed by atoms with Crippen LogP contribution < -0.4 is 5.56 Å². The van der Waals surface area contributed by atoms with Crippen LogP contribution in [0.15, 0.2) is 89.2 Å². The predicted molar refractivity (Wildman–Crippen MR) is 164 cm³/mol. The van der Waals surface area contributed by atoms with Gasteiger partial charge in [-0.05, 0) is 58.7 Å². The van der Waals surface area contributed by atoms with Gasteiger partial charge in [-0.3, -0.25) is 18.6 Å². The Kier molecular flexibility index (Phi) is 9.72. The van der Waals surface area contributed by atoms with Crippen LogP contribution in [0.1, 0.15) is 35.3 Å². The van der Waals surface area contributed by atoms with Gasteiger partial charge in [0.05, 0.1) is 22.0 Å². The third-order valence-corrected chi connectivity index (χ3v) is 7.45. The molecule has 214 valence electrons. The van der Waals surface area contributed by atoms with Gasteiger partial charge < -0.3 is 4.74 Å². The SMILES string of the molecule is CCN(CC)Cc1cccc(COC(=O)c2cc(-c3ccccc3)c(=O)n3ccc4ccsc4c23)c1.CS(=O)(=O)O. The van der Waals surface area contributed by atoms with E-state index in [-0.39, 0.29) is 12.2 Å². The summed E-state index contributed by atoms with van der Waals surface area (Å²) in [6.45, 7) is 7.29. The van der Waals surface area contributed by atoms with Crippen molar-refractivity contribution in [3.8, 4) is 11.1 Å². The molecule has 5 aromatic rings. The molecule has 0 spiro atoms. The van der Waals surface area contributed by atoms with Crippen molar-refractivity contribution in [3.05, 3.63) is 111 Å². The number of carbonyl (C=O) groups excluding carboxylic acids is 1. The summed E-state index contributed by atoms with van der Waals surface area (Å²) in [5.41, 5.74) is 4.18. The summed E-state index contributed by atoms with van der Waals surface area (Å²) in [7, 11) is -3.67. The highest BCUT2D eigenvalue weighted by Gasteiger charge is 2.20. The Balaban J connectivity index is 0.000000714. The molecule has 0 amide bonds. The predicted octanol–water partition coefficient (Wildman–Crippen LogP) is 5.88. The smallest absolute Gasteiger partial charge is 0.340 e. The second kappa shape index (κ2) is 13.2. The van der Waals surface area contributed by atoms with E-state index in [4.69, 9.17) is 9.29 Å². The van der Waals surface area contributed by atoms with Crippen molar-refractivity contribution in [2.45, 2.75) is 27.0 Å². The highest BCUT2D eigenvalue weighted by Crippen LogP contribution is 2.30. The van der Waals surface area contributed by atoms with Gasteiger partial charge in [-0.15, -0.1) is 11.3 Å². The Labute approximate surface area is 243 Å². The number of pyridine rings is 2. The summed E-state index contributed by atoms with van der Waals surface area (Å²) in [6, 6.07) is 23.2. The van der Waals surface area contributed by atoms with Crippen LogP contribution in [0, 0.1) is 0 Å². The number of nitrogens with zero attached hydrogens (tertiary/aromatic N) is 2. The summed E-state index contributed by atoms with van der Waals surface area (Å²) in [4.78, 5) is 29.3. The van der Waals surface area contributed by atoms with Gasteiger partial charge in [0.1, 0.15) is 6.61 Å². The molecule has 0 saturated carbocycles. The first kappa shape index (κ1) is 30.1. The molecule has 2 aromatic carbocycles. The Bertz CT molecular complexity index is 1820. The normalized spacial score (nSPS) is 11.4. The molecule has 41 heavy (non-hydrogen) atoms. The fourth-order valence-corrected chi connectivity index (χ4v) is 5.48. The maximum absolute atomic E-state index is 13.5. The lowest BCUT2D eigenvalue weighted by molar-refractivity contribution is 0.0474. The zero-order valence-corrected chi connectivity index (χ0v) is 24.7. The summed E-state index contributed by atoms with van der Waals surface area (Å²) < 4.78 is 34.2. The maximum atomic E-state index is 13.5. The third kappa shape index (κ3) is 7.68. The Morgan fingerprint density at radius 2 is 1.66 bits per heavy atom. The summed E-state index contributed by atoms with van der Waals surface area (Å²) in [5, 5.41) is 2.96. The summed E-state index contributed by atoms with van der Waals surface area (Å²) in [5.74, 6) is -0.445. The molecule has 0 atom stereocenters. The van der Waals surface area contributed by atoms with Gasteiger partial charge in [0.2, 0.25) is 0 Å². The average Bonchev–Trinajstić information content (AvgIpc) is 3.44. The van der Waals surface area contributed by atoms with E-state index in [0.29, 0.717) is 22.9 Å². The highest BCUT2D eigenvalue weighted by atomic mass is 32.2. The molecule has 0 aliphatic heterocycles. The average molecular weight is 593 g/mol. The molecule has 0 saturated heterocycles. The number of ether oxygens (including phenoxy) is 1. The van der Waals surface area contributed by atoms with E-state index in [1.807, 2.05) is 60.0 Å². The van der Waals surface area contributed by atoms with Crippen LogP contribution in [0.3, 0.4) is 0 Å². The standard InChI is InChI=1S/C30H28N2O3S.CH4O3S/c1-3-31(4-2)19-21-9-8-10-22(17-21)20-35-30(34)26-18-25(23-11-6-5-7-12-23)29(33)32-15-13-24-14-16-36-28(24)27(26)32;1-5(2,3)4/h5-18H,3-4,19-20H2,1-2H3;1H3,(H,2,3,4).